The molecular formula is C25H31N5S. The van der Waals surface area contributed by atoms with Gasteiger partial charge in [-0.3, -0.25) is 0 Å². The molecule has 5 nitrogen and oxygen atoms in total. The molecule has 0 amide bonds. The molecule has 31 heavy (non-hydrogen) atoms. The number of benzene rings is 2. The van der Waals surface area contributed by atoms with Crippen molar-refractivity contribution in [3.05, 3.63) is 76.2 Å². The van der Waals surface area contributed by atoms with E-state index < -0.39 is 0 Å². The van der Waals surface area contributed by atoms with E-state index in [9.17, 15) is 0 Å². The standard InChI is InChI=1S/C25H28N4S.H3N/c1-6-21-16(3)12-23(18(5)22(21)7-2)27-25-28-24(14-30-25)19-8-10-20(11-9-19)29-13-17(4)26-15-29;/h8-15H,6-7H2,1-5H3,(H,27,28);1H3. The van der Waals surface area contributed by atoms with E-state index in [1.165, 1.54) is 22.3 Å². The molecule has 2 heterocycles. The molecule has 0 saturated carbocycles. The number of thiazole rings is 1. The van der Waals surface area contributed by atoms with Gasteiger partial charge in [0.05, 0.1) is 17.7 Å². The molecule has 2 aromatic carbocycles. The van der Waals surface area contributed by atoms with E-state index in [-0.39, 0.29) is 6.15 Å². The molecule has 162 valence electrons. The molecule has 0 atom stereocenters. The van der Waals surface area contributed by atoms with Gasteiger partial charge in [-0.15, -0.1) is 11.3 Å². The van der Waals surface area contributed by atoms with Crippen molar-refractivity contribution in [2.45, 2.75) is 47.5 Å². The highest BCUT2D eigenvalue weighted by molar-refractivity contribution is 7.14. The van der Waals surface area contributed by atoms with Crippen LogP contribution in [0.2, 0.25) is 0 Å². The molecule has 0 radical (unpaired) electrons. The van der Waals surface area contributed by atoms with Gasteiger partial charge in [0.25, 0.3) is 0 Å². The number of rotatable bonds is 6. The van der Waals surface area contributed by atoms with Crippen LogP contribution < -0.4 is 11.5 Å². The number of nitrogens with one attached hydrogen (secondary N) is 1. The van der Waals surface area contributed by atoms with E-state index in [1.54, 1.807) is 11.3 Å². The van der Waals surface area contributed by atoms with Crippen molar-refractivity contribution >= 4 is 22.2 Å². The summed E-state index contributed by atoms with van der Waals surface area (Å²) in [4.78, 5) is 9.14. The highest BCUT2D eigenvalue weighted by Gasteiger charge is 2.13. The largest absolute Gasteiger partial charge is 0.344 e. The first-order valence-electron chi connectivity index (χ1n) is 10.5. The summed E-state index contributed by atoms with van der Waals surface area (Å²) in [5.41, 5.74) is 11.0. The zero-order chi connectivity index (χ0) is 21.3. The minimum Gasteiger partial charge on any atom is -0.344 e. The van der Waals surface area contributed by atoms with Crippen LogP contribution in [-0.2, 0) is 12.8 Å². The Morgan fingerprint density at radius 2 is 1.71 bits per heavy atom. The smallest absolute Gasteiger partial charge is 0.187 e. The summed E-state index contributed by atoms with van der Waals surface area (Å²) < 4.78 is 2.03. The number of nitrogens with zero attached hydrogens (tertiary/aromatic N) is 3. The van der Waals surface area contributed by atoms with Crippen LogP contribution in [0.1, 0.15) is 41.8 Å². The van der Waals surface area contributed by atoms with Gasteiger partial charge >= 0.3 is 0 Å². The molecule has 0 fully saturated rings. The van der Waals surface area contributed by atoms with Gasteiger partial charge in [0.2, 0.25) is 0 Å². The topological polar surface area (TPSA) is 77.7 Å². The zero-order valence-corrected chi connectivity index (χ0v) is 19.8. The molecule has 4 N–H and O–H groups in total. The van der Waals surface area contributed by atoms with Crippen LogP contribution in [0.15, 0.2) is 48.2 Å². The summed E-state index contributed by atoms with van der Waals surface area (Å²) >= 11 is 1.64. The van der Waals surface area contributed by atoms with Crippen LogP contribution in [0.3, 0.4) is 0 Å². The van der Waals surface area contributed by atoms with Gasteiger partial charge in [-0.25, -0.2) is 9.97 Å². The van der Waals surface area contributed by atoms with Gasteiger partial charge in [-0.1, -0.05) is 26.0 Å². The van der Waals surface area contributed by atoms with Gasteiger partial charge in [-0.2, -0.15) is 0 Å². The maximum Gasteiger partial charge on any atom is 0.187 e. The van der Waals surface area contributed by atoms with Crippen LogP contribution >= 0.6 is 11.3 Å². The second-order valence-electron chi connectivity index (χ2n) is 7.66. The first-order valence-corrected chi connectivity index (χ1v) is 11.3. The first kappa shape index (κ1) is 22.7. The van der Waals surface area contributed by atoms with Crippen LogP contribution in [0.25, 0.3) is 16.9 Å². The molecule has 0 bridgehead atoms. The molecule has 0 spiro atoms. The maximum absolute atomic E-state index is 4.84. The van der Waals surface area contributed by atoms with Crippen LogP contribution in [-0.4, -0.2) is 14.5 Å². The molecule has 4 rings (SSSR count). The lowest BCUT2D eigenvalue weighted by Gasteiger charge is -2.17. The van der Waals surface area contributed by atoms with E-state index in [1.807, 2.05) is 24.0 Å². The fraction of sp³-hybridized carbons (Fsp3) is 0.280. The quantitative estimate of drug-likeness (QED) is 0.345. The Bertz CT molecular complexity index is 1170. The molecule has 0 saturated heterocycles. The van der Waals surface area contributed by atoms with Crippen LogP contribution in [0.5, 0.6) is 0 Å². The molecule has 2 aromatic heterocycles. The Hall–Kier alpha value is -2.96. The van der Waals surface area contributed by atoms with Gasteiger partial charge in [0.15, 0.2) is 5.13 Å². The van der Waals surface area contributed by atoms with E-state index in [2.05, 4.69) is 73.7 Å². The molecule has 6 heteroatoms. The van der Waals surface area contributed by atoms with Crippen LogP contribution in [0.4, 0.5) is 10.8 Å². The summed E-state index contributed by atoms with van der Waals surface area (Å²) in [6.45, 7) is 10.9. The van der Waals surface area contributed by atoms with Crippen molar-refractivity contribution in [2.75, 3.05) is 5.32 Å². The van der Waals surface area contributed by atoms with Gasteiger partial charge in [0, 0.05) is 28.5 Å². The third-order valence-electron chi connectivity index (χ3n) is 5.68. The Kier molecular flexibility index (Phi) is 6.93. The highest BCUT2D eigenvalue weighted by atomic mass is 32.1. The summed E-state index contributed by atoms with van der Waals surface area (Å²) in [5.74, 6) is 0. The van der Waals surface area contributed by atoms with Gasteiger partial charge in [0.1, 0.15) is 0 Å². The van der Waals surface area contributed by atoms with Crippen molar-refractivity contribution in [1.82, 2.24) is 20.7 Å². The van der Waals surface area contributed by atoms with Crippen LogP contribution in [0, 0.1) is 20.8 Å². The summed E-state index contributed by atoms with van der Waals surface area (Å²) in [5, 5.41) is 6.60. The van der Waals surface area contributed by atoms with E-state index in [0.29, 0.717) is 0 Å². The molecule has 0 aliphatic rings. The highest BCUT2D eigenvalue weighted by Crippen LogP contribution is 2.32. The molecule has 0 aliphatic heterocycles. The lowest BCUT2D eigenvalue weighted by molar-refractivity contribution is 1.00. The molecular weight excluding hydrogens is 402 g/mol. The number of aryl methyl sites for hydroxylation is 2. The average Bonchev–Trinajstić information content (AvgIpc) is 3.39. The molecule has 0 aliphatic carbocycles. The number of hydrogen-bond acceptors (Lipinski definition) is 5. The Labute approximate surface area is 188 Å². The lowest BCUT2D eigenvalue weighted by Crippen LogP contribution is -2.03. The summed E-state index contributed by atoms with van der Waals surface area (Å²) in [6.07, 6.45) is 6.00. The fourth-order valence-electron chi connectivity index (χ4n) is 4.09. The fourth-order valence-corrected chi connectivity index (χ4v) is 4.82. The minimum absolute atomic E-state index is 0. The predicted molar refractivity (Wildman–Crippen MR) is 132 cm³/mol. The van der Waals surface area contributed by atoms with Crippen molar-refractivity contribution in [2.24, 2.45) is 0 Å². The van der Waals surface area contributed by atoms with Crippen molar-refractivity contribution in [3.63, 3.8) is 0 Å². The van der Waals surface area contributed by atoms with Gasteiger partial charge < -0.3 is 16.0 Å². The third-order valence-corrected chi connectivity index (χ3v) is 6.44. The average molecular weight is 434 g/mol. The van der Waals surface area contributed by atoms with E-state index in [4.69, 9.17) is 4.98 Å². The second kappa shape index (κ2) is 9.45. The zero-order valence-electron chi connectivity index (χ0n) is 19.0. The Balaban J connectivity index is 0.00000272. The Morgan fingerprint density at radius 1 is 1.00 bits per heavy atom. The minimum atomic E-state index is 0. The lowest BCUT2D eigenvalue weighted by atomic mass is 9.92. The summed E-state index contributed by atoms with van der Waals surface area (Å²) in [6, 6.07) is 10.7. The summed E-state index contributed by atoms with van der Waals surface area (Å²) in [7, 11) is 0. The van der Waals surface area contributed by atoms with E-state index >= 15 is 0 Å². The first-order chi connectivity index (χ1) is 14.5. The third kappa shape index (κ3) is 4.55. The van der Waals surface area contributed by atoms with Crippen molar-refractivity contribution < 1.29 is 0 Å². The van der Waals surface area contributed by atoms with Crippen molar-refractivity contribution in [3.8, 4) is 16.9 Å². The monoisotopic (exact) mass is 433 g/mol. The van der Waals surface area contributed by atoms with Crippen molar-refractivity contribution in [1.29, 1.82) is 0 Å². The normalized spacial score (nSPS) is 10.7. The molecule has 4 aromatic rings. The SMILES string of the molecule is CCc1c(C)cc(Nc2nc(-c3ccc(-n4cnc(C)c4)cc3)cs2)c(C)c1CC.N. The Morgan fingerprint density at radius 3 is 2.32 bits per heavy atom. The number of aromatic nitrogens is 3. The predicted octanol–water partition coefficient (Wildman–Crippen LogP) is 6.95. The molecule has 0 unspecified atom stereocenters. The number of hydrogen-bond donors (Lipinski definition) is 2. The van der Waals surface area contributed by atoms with Gasteiger partial charge in [-0.05, 0) is 74.1 Å². The van der Waals surface area contributed by atoms with E-state index in [0.717, 1.165) is 46.3 Å². The number of anilines is 2. The second-order valence-corrected chi connectivity index (χ2v) is 8.52. The maximum atomic E-state index is 4.84. The number of imidazole rings is 1.